The van der Waals surface area contributed by atoms with Crippen molar-refractivity contribution >= 4 is 23.2 Å². The summed E-state index contributed by atoms with van der Waals surface area (Å²) in [7, 11) is 0. The van der Waals surface area contributed by atoms with Crippen molar-refractivity contribution in [2.45, 2.75) is 45.8 Å². The molecule has 1 N–H and O–H groups in total. The predicted octanol–water partition coefficient (Wildman–Crippen LogP) is 5.91. The summed E-state index contributed by atoms with van der Waals surface area (Å²) in [5.41, 5.74) is 1.94. The van der Waals surface area contributed by atoms with Gasteiger partial charge in [-0.2, -0.15) is 0 Å². The highest BCUT2D eigenvalue weighted by atomic mass is 19.1. The van der Waals surface area contributed by atoms with Crippen LogP contribution in [-0.4, -0.2) is 17.4 Å². The highest BCUT2D eigenvalue weighted by Gasteiger charge is 2.41. The van der Waals surface area contributed by atoms with E-state index in [1.54, 1.807) is 50.2 Å². The first-order valence-corrected chi connectivity index (χ1v) is 11.0. The second-order valence-corrected chi connectivity index (χ2v) is 9.01. The number of carbonyl (C=O) groups is 2. The second-order valence-electron chi connectivity index (χ2n) is 9.01. The number of fused-ring (bicyclic) bond motifs is 1. The summed E-state index contributed by atoms with van der Waals surface area (Å²) >= 11 is 0. The number of ether oxygens (including phenoxy) is 1. The lowest BCUT2D eigenvalue weighted by atomic mass is 10.0. The lowest BCUT2D eigenvalue weighted by Crippen LogP contribution is -2.52. The first kappa shape index (κ1) is 22.5. The van der Waals surface area contributed by atoms with E-state index < -0.39 is 11.4 Å². The van der Waals surface area contributed by atoms with E-state index in [-0.39, 0.29) is 18.4 Å². The third kappa shape index (κ3) is 4.60. The number of benzene rings is 3. The Hall–Kier alpha value is -3.67. The molecule has 6 heteroatoms. The Morgan fingerprint density at radius 2 is 1.76 bits per heavy atom. The van der Waals surface area contributed by atoms with Crippen molar-refractivity contribution in [3.05, 3.63) is 89.2 Å². The van der Waals surface area contributed by atoms with Crippen molar-refractivity contribution < 1.29 is 18.7 Å². The highest BCUT2D eigenvalue weighted by Crippen LogP contribution is 2.39. The zero-order valence-electron chi connectivity index (χ0n) is 19.2. The van der Waals surface area contributed by atoms with Crippen molar-refractivity contribution in [3.8, 4) is 5.75 Å². The summed E-state index contributed by atoms with van der Waals surface area (Å²) in [6.45, 7) is 7.60. The van der Waals surface area contributed by atoms with Gasteiger partial charge in [0, 0.05) is 16.8 Å². The quantitative estimate of drug-likeness (QED) is 0.530. The average molecular weight is 447 g/mol. The molecule has 33 heavy (non-hydrogen) atoms. The van der Waals surface area contributed by atoms with Crippen LogP contribution in [0.15, 0.2) is 66.7 Å². The van der Waals surface area contributed by atoms with Crippen LogP contribution in [0.4, 0.5) is 15.8 Å². The van der Waals surface area contributed by atoms with E-state index in [9.17, 15) is 14.0 Å². The summed E-state index contributed by atoms with van der Waals surface area (Å²) < 4.78 is 20.2. The van der Waals surface area contributed by atoms with Gasteiger partial charge in [0.05, 0.1) is 12.2 Å². The predicted molar refractivity (Wildman–Crippen MR) is 127 cm³/mol. The van der Waals surface area contributed by atoms with Gasteiger partial charge in [-0.25, -0.2) is 4.39 Å². The third-order valence-electron chi connectivity index (χ3n) is 5.76. The van der Waals surface area contributed by atoms with Crippen LogP contribution in [0, 0.1) is 5.82 Å². The normalized spacial score (nSPS) is 14.6. The summed E-state index contributed by atoms with van der Waals surface area (Å²) in [4.78, 5) is 27.6. The third-order valence-corrected chi connectivity index (χ3v) is 5.76. The number of nitrogens with zero attached hydrogens (tertiary/aromatic N) is 1. The molecule has 5 nitrogen and oxygen atoms in total. The van der Waals surface area contributed by atoms with Crippen molar-refractivity contribution in [2.24, 2.45) is 0 Å². The van der Waals surface area contributed by atoms with Crippen molar-refractivity contribution in [1.82, 2.24) is 0 Å². The van der Waals surface area contributed by atoms with Crippen LogP contribution in [0.1, 0.15) is 55.1 Å². The fourth-order valence-corrected chi connectivity index (χ4v) is 3.82. The van der Waals surface area contributed by atoms with E-state index in [0.29, 0.717) is 34.2 Å². The summed E-state index contributed by atoms with van der Waals surface area (Å²) in [5.74, 6) is -0.139. The molecule has 2 amide bonds. The summed E-state index contributed by atoms with van der Waals surface area (Å²) in [6, 6.07) is 19.0. The maximum absolute atomic E-state index is 14.3. The molecule has 0 aromatic heterocycles. The van der Waals surface area contributed by atoms with Gasteiger partial charge in [-0.3, -0.25) is 9.59 Å². The van der Waals surface area contributed by atoms with E-state index in [1.807, 2.05) is 24.3 Å². The molecule has 0 saturated carbocycles. The molecule has 3 aromatic rings. The van der Waals surface area contributed by atoms with Crippen LogP contribution in [0.2, 0.25) is 0 Å². The number of halogens is 1. The molecule has 0 atom stereocenters. The molecule has 0 radical (unpaired) electrons. The molecule has 1 heterocycles. The van der Waals surface area contributed by atoms with Gasteiger partial charge in [0.15, 0.2) is 5.60 Å². The molecule has 0 aliphatic carbocycles. The van der Waals surface area contributed by atoms with E-state index in [2.05, 4.69) is 19.2 Å². The number of hydrogen-bond donors (Lipinski definition) is 1. The molecule has 4 rings (SSSR count). The van der Waals surface area contributed by atoms with Crippen molar-refractivity contribution in [3.63, 3.8) is 0 Å². The van der Waals surface area contributed by atoms with Crippen LogP contribution in [0.3, 0.4) is 0 Å². The van der Waals surface area contributed by atoms with Gasteiger partial charge in [0.1, 0.15) is 11.6 Å². The number of carbonyl (C=O) groups excluding carboxylic acids is 2. The number of anilines is 2. The zero-order chi connectivity index (χ0) is 23.8. The smallest absolute Gasteiger partial charge is 0.271 e. The van der Waals surface area contributed by atoms with Gasteiger partial charge in [-0.1, -0.05) is 44.2 Å². The van der Waals surface area contributed by atoms with Crippen molar-refractivity contribution in [2.75, 3.05) is 10.2 Å². The molecule has 1 aliphatic heterocycles. The topological polar surface area (TPSA) is 58.6 Å². The lowest BCUT2D eigenvalue weighted by molar-refractivity contribution is -0.132. The standard InChI is InChI=1S/C27H27FN2O3/c1-17(2)18-9-12-21(13-10-18)29-25(31)19-11-14-24-23(15-19)30(26(32)27(3,4)33-24)16-20-7-5-6-8-22(20)28/h5-15,17H,16H2,1-4H3,(H,29,31). The number of rotatable bonds is 5. The van der Waals surface area contributed by atoms with Crippen LogP contribution in [0.25, 0.3) is 0 Å². The Morgan fingerprint density at radius 1 is 1.06 bits per heavy atom. The molecule has 3 aromatic carbocycles. The van der Waals surface area contributed by atoms with Gasteiger partial charge >= 0.3 is 0 Å². The Balaban J connectivity index is 1.64. The first-order valence-electron chi connectivity index (χ1n) is 11.0. The van der Waals surface area contributed by atoms with Gasteiger partial charge in [0.2, 0.25) is 0 Å². The van der Waals surface area contributed by atoms with E-state index >= 15 is 0 Å². The minimum atomic E-state index is -1.11. The maximum Gasteiger partial charge on any atom is 0.271 e. The van der Waals surface area contributed by atoms with E-state index in [0.717, 1.165) is 0 Å². The minimum absolute atomic E-state index is 0.0348. The van der Waals surface area contributed by atoms with E-state index in [1.165, 1.54) is 16.5 Å². The number of amides is 2. The summed E-state index contributed by atoms with van der Waals surface area (Å²) in [5, 5.41) is 2.89. The zero-order valence-corrected chi connectivity index (χ0v) is 19.2. The SMILES string of the molecule is CC(C)c1ccc(NC(=O)c2ccc3c(c2)N(Cc2ccccc2F)C(=O)C(C)(C)O3)cc1. The average Bonchev–Trinajstić information content (AvgIpc) is 2.78. The fourth-order valence-electron chi connectivity index (χ4n) is 3.82. The Bertz CT molecular complexity index is 1200. The molecular weight excluding hydrogens is 419 g/mol. The van der Waals surface area contributed by atoms with Crippen molar-refractivity contribution in [1.29, 1.82) is 0 Å². The molecule has 0 spiro atoms. The maximum atomic E-state index is 14.3. The minimum Gasteiger partial charge on any atom is -0.476 e. The molecule has 170 valence electrons. The fraction of sp³-hybridized carbons (Fsp3) is 0.259. The number of hydrogen-bond acceptors (Lipinski definition) is 3. The molecule has 0 fully saturated rings. The Labute approximate surface area is 193 Å². The Morgan fingerprint density at radius 3 is 2.42 bits per heavy atom. The molecule has 0 bridgehead atoms. The molecule has 1 aliphatic rings. The Kier molecular flexibility index (Phi) is 5.93. The van der Waals surface area contributed by atoms with Gasteiger partial charge < -0.3 is 15.0 Å². The molecular formula is C27H27FN2O3. The summed E-state index contributed by atoms with van der Waals surface area (Å²) in [6.07, 6.45) is 0. The number of nitrogens with one attached hydrogen (secondary N) is 1. The van der Waals surface area contributed by atoms with Crippen LogP contribution >= 0.6 is 0 Å². The largest absolute Gasteiger partial charge is 0.476 e. The van der Waals surface area contributed by atoms with Gasteiger partial charge in [0.25, 0.3) is 11.8 Å². The molecule has 0 unspecified atom stereocenters. The van der Waals surface area contributed by atoms with E-state index in [4.69, 9.17) is 4.74 Å². The second kappa shape index (κ2) is 8.70. The highest BCUT2D eigenvalue weighted by molar-refractivity contribution is 6.07. The van der Waals surface area contributed by atoms with Crippen LogP contribution in [0.5, 0.6) is 5.75 Å². The molecule has 0 saturated heterocycles. The van der Waals surface area contributed by atoms with Gasteiger partial charge in [-0.15, -0.1) is 0 Å². The first-order chi connectivity index (χ1) is 15.7. The van der Waals surface area contributed by atoms with Gasteiger partial charge in [-0.05, 0) is 61.7 Å². The van der Waals surface area contributed by atoms with Crippen LogP contribution < -0.4 is 15.0 Å². The van der Waals surface area contributed by atoms with Crippen LogP contribution in [-0.2, 0) is 11.3 Å². The monoisotopic (exact) mass is 446 g/mol. The lowest BCUT2D eigenvalue weighted by Gasteiger charge is -2.39.